The largest absolute Gasteiger partial charge is 0.341 e. The summed E-state index contributed by atoms with van der Waals surface area (Å²) in [6.07, 6.45) is 4.50. The number of hydrogen-bond acceptors (Lipinski definition) is 4. The number of aromatic nitrogens is 2. The number of fused-ring (bicyclic) bond motifs is 1. The number of nitrogens with zero attached hydrogens (tertiary/aromatic N) is 2. The standard InChI is InChI=1S/C19H24N4O3.ClH/c24-17(22-9-7-14(8-10-22)20-11-13-5-6-13)12-23-18(25)15-3-1-2-4-16(15)21-19(23)26;/h1-4,13-14,20H,5-12H2,(H,21,26);1H. The van der Waals surface area contributed by atoms with E-state index in [4.69, 9.17) is 0 Å². The summed E-state index contributed by atoms with van der Waals surface area (Å²) in [6, 6.07) is 7.31. The molecule has 0 bridgehead atoms. The highest BCUT2D eigenvalue weighted by Crippen LogP contribution is 2.28. The van der Waals surface area contributed by atoms with E-state index >= 15 is 0 Å². The molecule has 4 rings (SSSR count). The van der Waals surface area contributed by atoms with Crippen molar-refractivity contribution < 1.29 is 4.79 Å². The Morgan fingerprint density at radius 2 is 1.81 bits per heavy atom. The zero-order valence-corrected chi connectivity index (χ0v) is 16.0. The molecule has 8 heteroatoms. The third kappa shape index (κ3) is 4.42. The quantitative estimate of drug-likeness (QED) is 0.797. The zero-order chi connectivity index (χ0) is 18.1. The molecule has 2 aliphatic rings. The van der Waals surface area contributed by atoms with Gasteiger partial charge in [0.25, 0.3) is 5.56 Å². The van der Waals surface area contributed by atoms with E-state index in [-0.39, 0.29) is 24.9 Å². The van der Waals surface area contributed by atoms with Crippen molar-refractivity contribution in [1.82, 2.24) is 19.8 Å². The SMILES string of the molecule is Cl.O=C(Cn1c(=O)[nH]c2ccccc2c1=O)N1CCC(NCC2CC2)CC1. The number of H-pyrrole nitrogens is 1. The fourth-order valence-electron chi connectivity index (χ4n) is 3.57. The smallest absolute Gasteiger partial charge is 0.329 e. The monoisotopic (exact) mass is 392 g/mol. The molecule has 146 valence electrons. The van der Waals surface area contributed by atoms with Crippen LogP contribution in [0.4, 0.5) is 0 Å². The van der Waals surface area contributed by atoms with Gasteiger partial charge in [0, 0.05) is 19.1 Å². The topological polar surface area (TPSA) is 87.2 Å². The minimum absolute atomic E-state index is 0. The number of halogens is 1. The Kier molecular flexibility index (Phi) is 6.01. The first-order valence-electron chi connectivity index (χ1n) is 9.35. The van der Waals surface area contributed by atoms with Gasteiger partial charge in [0.05, 0.1) is 10.9 Å². The lowest BCUT2D eigenvalue weighted by atomic mass is 10.0. The van der Waals surface area contributed by atoms with Crippen LogP contribution in [0.3, 0.4) is 0 Å². The number of para-hydroxylation sites is 1. The van der Waals surface area contributed by atoms with Crippen LogP contribution < -0.4 is 16.6 Å². The molecule has 2 aromatic rings. The second-order valence-corrected chi connectivity index (χ2v) is 7.37. The van der Waals surface area contributed by atoms with Crippen molar-refractivity contribution in [2.45, 2.75) is 38.3 Å². The van der Waals surface area contributed by atoms with Gasteiger partial charge in [0.15, 0.2) is 0 Å². The summed E-state index contributed by atoms with van der Waals surface area (Å²) in [5, 5.41) is 4.00. The highest BCUT2D eigenvalue weighted by Gasteiger charge is 2.26. The van der Waals surface area contributed by atoms with Crippen LogP contribution in [0.1, 0.15) is 25.7 Å². The second kappa shape index (κ2) is 8.27. The number of aromatic amines is 1. The van der Waals surface area contributed by atoms with Crippen molar-refractivity contribution >= 4 is 29.2 Å². The molecule has 0 unspecified atom stereocenters. The number of benzene rings is 1. The van der Waals surface area contributed by atoms with Crippen LogP contribution in [-0.2, 0) is 11.3 Å². The Labute approximate surface area is 163 Å². The van der Waals surface area contributed by atoms with Gasteiger partial charge in [-0.05, 0) is 50.3 Å². The Hall–Kier alpha value is -2.12. The average Bonchev–Trinajstić information content (AvgIpc) is 3.48. The number of amides is 1. The van der Waals surface area contributed by atoms with E-state index in [9.17, 15) is 14.4 Å². The Morgan fingerprint density at radius 1 is 1.11 bits per heavy atom. The number of hydrogen-bond donors (Lipinski definition) is 2. The van der Waals surface area contributed by atoms with E-state index in [0.717, 1.165) is 29.9 Å². The van der Waals surface area contributed by atoms with Gasteiger partial charge < -0.3 is 15.2 Å². The number of piperidine rings is 1. The highest BCUT2D eigenvalue weighted by molar-refractivity contribution is 5.85. The van der Waals surface area contributed by atoms with Crippen LogP contribution in [0.25, 0.3) is 10.9 Å². The predicted octanol–water partition coefficient (Wildman–Crippen LogP) is 1.10. The maximum atomic E-state index is 12.6. The molecular weight excluding hydrogens is 368 g/mol. The summed E-state index contributed by atoms with van der Waals surface area (Å²) in [6.45, 7) is 2.21. The molecule has 1 aliphatic carbocycles. The number of nitrogens with one attached hydrogen (secondary N) is 2. The Balaban J connectivity index is 0.00000210. The zero-order valence-electron chi connectivity index (χ0n) is 15.1. The fourth-order valence-corrected chi connectivity index (χ4v) is 3.57. The van der Waals surface area contributed by atoms with Crippen molar-refractivity contribution in [3.05, 3.63) is 45.1 Å². The predicted molar refractivity (Wildman–Crippen MR) is 106 cm³/mol. The highest BCUT2D eigenvalue weighted by atomic mass is 35.5. The summed E-state index contributed by atoms with van der Waals surface area (Å²) >= 11 is 0. The van der Waals surface area contributed by atoms with Crippen LogP contribution in [0.5, 0.6) is 0 Å². The van der Waals surface area contributed by atoms with Gasteiger partial charge in [-0.2, -0.15) is 0 Å². The third-order valence-corrected chi connectivity index (χ3v) is 5.42. The van der Waals surface area contributed by atoms with Crippen molar-refractivity contribution in [1.29, 1.82) is 0 Å². The Morgan fingerprint density at radius 3 is 2.52 bits per heavy atom. The van der Waals surface area contributed by atoms with E-state index in [1.165, 1.54) is 12.8 Å². The molecule has 2 heterocycles. The molecular formula is C19H25ClN4O3. The van der Waals surface area contributed by atoms with Crippen LogP contribution in [0.15, 0.2) is 33.9 Å². The number of rotatable bonds is 5. The number of likely N-dealkylation sites (tertiary alicyclic amines) is 1. The van der Waals surface area contributed by atoms with Gasteiger partial charge in [0.2, 0.25) is 5.91 Å². The van der Waals surface area contributed by atoms with E-state index in [1.54, 1.807) is 29.2 Å². The van der Waals surface area contributed by atoms with Crippen LogP contribution in [0.2, 0.25) is 0 Å². The van der Waals surface area contributed by atoms with Gasteiger partial charge in [-0.15, -0.1) is 12.4 Å². The summed E-state index contributed by atoms with van der Waals surface area (Å²) < 4.78 is 1.00. The Bertz CT molecular complexity index is 926. The average molecular weight is 393 g/mol. The molecule has 0 radical (unpaired) electrons. The molecule has 0 spiro atoms. The van der Waals surface area contributed by atoms with Crippen molar-refractivity contribution in [2.75, 3.05) is 19.6 Å². The van der Waals surface area contributed by atoms with Crippen LogP contribution >= 0.6 is 12.4 Å². The van der Waals surface area contributed by atoms with Crippen molar-refractivity contribution in [3.63, 3.8) is 0 Å². The first-order valence-corrected chi connectivity index (χ1v) is 9.35. The van der Waals surface area contributed by atoms with Crippen LogP contribution in [0, 0.1) is 5.92 Å². The third-order valence-electron chi connectivity index (χ3n) is 5.42. The molecule has 1 saturated heterocycles. The molecule has 2 fully saturated rings. The van der Waals surface area contributed by atoms with Crippen LogP contribution in [-0.4, -0.2) is 46.0 Å². The summed E-state index contributed by atoms with van der Waals surface area (Å²) in [5.41, 5.74) is -0.463. The lowest BCUT2D eigenvalue weighted by molar-refractivity contribution is -0.133. The van der Waals surface area contributed by atoms with Crippen molar-refractivity contribution in [3.8, 4) is 0 Å². The minimum Gasteiger partial charge on any atom is -0.341 e. The molecule has 1 aliphatic heterocycles. The lowest BCUT2D eigenvalue weighted by Gasteiger charge is -2.32. The molecule has 1 amide bonds. The number of carbonyl (C=O) groups excluding carboxylic acids is 1. The summed E-state index contributed by atoms with van der Waals surface area (Å²) in [4.78, 5) is 41.8. The van der Waals surface area contributed by atoms with E-state index in [0.29, 0.717) is 30.0 Å². The molecule has 7 nitrogen and oxygen atoms in total. The van der Waals surface area contributed by atoms with Gasteiger partial charge in [-0.1, -0.05) is 12.1 Å². The normalized spacial score (nSPS) is 17.7. The maximum absolute atomic E-state index is 12.6. The van der Waals surface area contributed by atoms with E-state index in [2.05, 4.69) is 10.3 Å². The van der Waals surface area contributed by atoms with Gasteiger partial charge in [-0.3, -0.25) is 14.2 Å². The first-order chi connectivity index (χ1) is 12.6. The molecule has 2 N–H and O–H groups in total. The molecule has 1 aromatic heterocycles. The molecule has 1 saturated carbocycles. The van der Waals surface area contributed by atoms with Gasteiger partial charge in [0.1, 0.15) is 6.54 Å². The molecule has 27 heavy (non-hydrogen) atoms. The fraction of sp³-hybridized carbons (Fsp3) is 0.526. The second-order valence-electron chi connectivity index (χ2n) is 7.37. The summed E-state index contributed by atoms with van der Waals surface area (Å²) in [7, 11) is 0. The van der Waals surface area contributed by atoms with Crippen molar-refractivity contribution in [2.24, 2.45) is 5.92 Å². The minimum atomic E-state index is -0.539. The van der Waals surface area contributed by atoms with Gasteiger partial charge in [-0.25, -0.2) is 4.79 Å². The summed E-state index contributed by atoms with van der Waals surface area (Å²) in [5.74, 6) is 0.676. The number of carbonyl (C=O) groups is 1. The van der Waals surface area contributed by atoms with E-state index in [1.807, 2.05) is 0 Å². The molecule has 1 aromatic carbocycles. The first kappa shape index (κ1) is 19.6. The molecule has 0 atom stereocenters. The maximum Gasteiger partial charge on any atom is 0.329 e. The van der Waals surface area contributed by atoms with Gasteiger partial charge >= 0.3 is 5.69 Å². The lowest BCUT2D eigenvalue weighted by Crippen LogP contribution is -2.48. The van der Waals surface area contributed by atoms with E-state index < -0.39 is 11.2 Å².